The van der Waals surface area contributed by atoms with Crippen molar-refractivity contribution < 1.29 is 9.53 Å². The molecule has 26 heavy (non-hydrogen) atoms. The minimum Gasteiger partial charge on any atom is -0.381 e. The molecule has 2 amide bonds. The molecule has 0 aromatic carbocycles. The molecule has 3 rings (SSSR count). The summed E-state index contributed by atoms with van der Waals surface area (Å²) in [5.41, 5.74) is 0.856. The number of hydrogen-bond acceptors (Lipinski definition) is 4. The molecule has 3 heterocycles. The molecular weight excluding hydrogens is 332 g/mol. The number of carbonyl (C=O) groups is 1. The average molecular weight is 362 g/mol. The second-order valence-corrected chi connectivity index (χ2v) is 7.73. The van der Waals surface area contributed by atoms with Gasteiger partial charge in [0.1, 0.15) is 0 Å². The highest BCUT2D eigenvalue weighted by atomic mass is 16.5. The third-order valence-electron chi connectivity index (χ3n) is 5.40. The summed E-state index contributed by atoms with van der Waals surface area (Å²) in [6, 6.07) is 1.91. The molecule has 0 atom stereocenters. The molecule has 1 aromatic rings. The van der Waals surface area contributed by atoms with Crippen molar-refractivity contribution >= 4 is 6.03 Å². The van der Waals surface area contributed by atoms with Crippen LogP contribution in [0.2, 0.25) is 0 Å². The summed E-state index contributed by atoms with van der Waals surface area (Å²) in [4.78, 5) is 30.9. The first-order valence-electron chi connectivity index (χ1n) is 9.72. The molecule has 144 valence electrons. The number of ether oxygens (including phenoxy) is 1. The third-order valence-corrected chi connectivity index (χ3v) is 5.40. The molecule has 2 fully saturated rings. The molecule has 1 aromatic heterocycles. The normalized spacial score (nSPS) is 19.7. The quantitative estimate of drug-likeness (QED) is 0.888. The minimum atomic E-state index is 0.0170. The number of aromatic nitrogens is 2. The smallest absolute Gasteiger partial charge is 0.317 e. The van der Waals surface area contributed by atoms with E-state index in [0.29, 0.717) is 12.5 Å². The zero-order valence-electron chi connectivity index (χ0n) is 15.8. The van der Waals surface area contributed by atoms with Crippen LogP contribution in [0.1, 0.15) is 51.1 Å². The van der Waals surface area contributed by atoms with E-state index < -0.39 is 0 Å². The molecule has 0 saturated carbocycles. The Morgan fingerprint density at radius 1 is 1.27 bits per heavy atom. The predicted molar refractivity (Wildman–Crippen MR) is 99.3 cm³/mol. The summed E-state index contributed by atoms with van der Waals surface area (Å²) in [5, 5.41) is 3.12. The predicted octanol–water partition coefficient (Wildman–Crippen LogP) is 1.97. The van der Waals surface area contributed by atoms with Gasteiger partial charge in [-0.1, -0.05) is 13.8 Å². The SMILES string of the molecule is CC(C)c1cc(=O)n(CC2CCN(C(=O)NC3CCOCC3)CC2)cn1. The van der Waals surface area contributed by atoms with Crippen LogP contribution in [0.4, 0.5) is 4.79 Å². The first-order chi connectivity index (χ1) is 12.5. The Balaban J connectivity index is 1.47. The minimum absolute atomic E-state index is 0.0170. The van der Waals surface area contributed by atoms with E-state index in [2.05, 4.69) is 10.3 Å². The fraction of sp³-hybridized carbons (Fsp3) is 0.737. The molecule has 0 aliphatic carbocycles. The third kappa shape index (κ3) is 4.84. The lowest BCUT2D eigenvalue weighted by Crippen LogP contribution is -2.49. The molecule has 7 nitrogen and oxygen atoms in total. The molecule has 0 bridgehead atoms. The van der Waals surface area contributed by atoms with Crippen LogP contribution in [0.3, 0.4) is 0 Å². The Morgan fingerprint density at radius 2 is 1.96 bits per heavy atom. The number of likely N-dealkylation sites (tertiary alicyclic amines) is 1. The van der Waals surface area contributed by atoms with Crippen LogP contribution >= 0.6 is 0 Å². The Morgan fingerprint density at radius 3 is 2.58 bits per heavy atom. The van der Waals surface area contributed by atoms with Gasteiger partial charge < -0.3 is 15.0 Å². The van der Waals surface area contributed by atoms with Gasteiger partial charge in [-0.25, -0.2) is 9.78 Å². The van der Waals surface area contributed by atoms with Crippen molar-refractivity contribution in [1.82, 2.24) is 19.8 Å². The number of carbonyl (C=O) groups excluding carboxylic acids is 1. The van der Waals surface area contributed by atoms with Crippen molar-refractivity contribution in [2.24, 2.45) is 5.92 Å². The van der Waals surface area contributed by atoms with Gasteiger partial charge in [0.05, 0.1) is 12.0 Å². The largest absolute Gasteiger partial charge is 0.381 e. The van der Waals surface area contributed by atoms with Crippen molar-refractivity contribution in [2.75, 3.05) is 26.3 Å². The monoisotopic (exact) mass is 362 g/mol. The molecule has 2 aliphatic heterocycles. The van der Waals surface area contributed by atoms with E-state index >= 15 is 0 Å². The lowest BCUT2D eigenvalue weighted by atomic mass is 9.97. The maximum atomic E-state index is 12.4. The molecule has 1 N–H and O–H groups in total. The number of piperidine rings is 1. The molecule has 0 radical (unpaired) electrons. The van der Waals surface area contributed by atoms with E-state index in [9.17, 15) is 9.59 Å². The van der Waals surface area contributed by atoms with Crippen molar-refractivity contribution in [3.63, 3.8) is 0 Å². The van der Waals surface area contributed by atoms with Gasteiger partial charge in [0.15, 0.2) is 0 Å². The van der Waals surface area contributed by atoms with Crippen LogP contribution in [0, 0.1) is 5.92 Å². The van der Waals surface area contributed by atoms with Crippen molar-refractivity contribution in [3.8, 4) is 0 Å². The number of hydrogen-bond donors (Lipinski definition) is 1. The van der Waals surface area contributed by atoms with E-state index in [1.807, 2.05) is 18.7 Å². The highest BCUT2D eigenvalue weighted by Gasteiger charge is 2.25. The van der Waals surface area contributed by atoms with Crippen molar-refractivity contribution in [1.29, 1.82) is 0 Å². The zero-order valence-corrected chi connectivity index (χ0v) is 15.8. The van der Waals surface area contributed by atoms with Gasteiger partial charge in [-0.3, -0.25) is 9.36 Å². The van der Waals surface area contributed by atoms with E-state index in [1.54, 1.807) is 17.0 Å². The molecule has 0 unspecified atom stereocenters. The van der Waals surface area contributed by atoms with E-state index in [0.717, 1.165) is 57.7 Å². The Bertz CT molecular complexity index is 659. The summed E-state index contributed by atoms with van der Waals surface area (Å²) in [6.07, 6.45) is 5.29. The van der Waals surface area contributed by atoms with Crippen LogP contribution in [0.5, 0.6) is 0 Å². The first kappa shape index (κ1) is 18.9. The van der Waals surface area contributed by atoms with Crippen LogP contribution in [-0.2, 0) is 11.3 Å². The van der Waals surface area contributed by atoms with Gasteiger partial charge in [0.2, 0.25) is 0 Å². The lowest BCUT2D eigenvalue weighted by Gasteiger charge is -2.34. The summed E-state index contributed by atoms with van der Waals surface area (Å²) in [7, 11) is 0. The van der Waals surface area contributed by atoms with Crippen LogP contribution in [0.25, 0.3) is 0 Å². The second-order valence-electron chi connectivity index (χ2n) is 7.73. The van der Waals surface area contributed by atoms with Gasteiger partial charge in [-0.05, 0) is 37.5 Å². The van der Waals surface area contributed by atoms with E-state index in [4.69, 9.17) is 4.74 Å². The molecular formula is C19H30N4O3. The maximum Gasteiger partial charge on any atom is 0.317 e. The second kappa shape index (κ2) is 8.66. The summed E-state index contributed by atoms with van der Waals surface area (Å²) in [6.45, 7) is 7.69. The first-order valence-corrected chi connectivity index (χ1v) is 9.72. The van der Waals surface area contributed by atoms with E-state index in [1.165, 1.54) is 0 Å². The molecule has 2 saturated heterocycles. The fourth-order valence-electron chi connectivity index (χ4n) is 3.60. The number of nitrogens with one attached hydrogen (secondary N) is 1. The van der Waals surface area contributed by atoms with Gasteiger partial charge in [0, 0.05) is 45.0 Å². The number of nitrogens with zero attached hydrogens (tertiary/aromatic N) is 3. The molecule has 2 aliphatic rings. The molecule has 7 heteroatoms. The number of urea groups is 1. The van der Waals surface area contributed by atoms with E-state index in [-0.39, 0.29) is 23.6 Å². The van der Waals surface area contributed by atoms with Crippen LogP contribution in [0.15, 0.2) is 17.2 Å². The van der Waals surface area contributed by atoms with Gasteiger partial charge in [0.25, 0.3) is 5.56 Å². The summed E-state index contributed by atoms with van der Waals surface area (Å²) in [5.74, 6) is 0.668. The van der Waals surface area contributed by atoms with Crippen LogP contribution in [-0.4, -0.2) is 52.8 Å². The number of rotatable bonds is 4. The van der Waals surface area contributed by atoms with Gasteiger partial charge >= 0.3 is 6.03 Å². The average Bonchev–Trinajstić information content (AvgIpc) is 2.64. The highest BCUT2D eigenvalue weighted by molar-refractivity contribution is 5.74. The standard InChI is InChI=1S/C19H30N4O3/c1-14(2)17-11-18(24)23(13-20-17)12-15-3-7-22(8-4-15)19(25)21-16-5-9-26-10-6-16/h11,13-16H,3-10,12H2,1-2H3,(H,21,25). The summed E-state index contributed by atoms with van der Waals surface area (Å²) < 4.78 is 7.03. The lowest BCUT2D eigenvalue weighted by molar-refractivity contribution is 0.0770. The summed E-state index contributed by atoms with van der Waals surface area (Å²) >= 11 is 0. The topological polar surface area (TPSA) is 76.5 Å². The fourth-order valence-corrected chi connectivity index (χ4v) is 3.60. The maximum absolute atomic E-state index is 12.4. The molecule has 0 spiro atoms. The van der Waals surface area contributed by atoms with Crippen molar-refractivity contribution in [2.45, 2.75) is 58.0 Å². The zero-order chi connectivity index (χ0) is 18.5. The van der Waals surface area contributed by atoms with Gasteiger partial charge in [-0.15, -0.1) is 0 Å². The number of amides is 2. The Kier molecular flexibility index (Phi) is 6.29. The Hall–Kier alpha value is -1.89. The van der Waals surface area contributed by atoms with Crippen molar-refractivity contribution in [3.05, 3.63) is 28.4 Å². The van der Waals surface area contributed by atoms with Crippen LogP contribution < -0.4 is 10.9 Å². The highest BCUT2D eigenvalue weighted by Crippen LogP contribution is 2.19. The Labute approximate surface area is 154 Å². The van der Waals surface area contributed by atoms with Gasteiger partial charge in [-0.2, -0.15) is 0 Å².